The standard InChI is InChI=1S/C15H29N5O4/c1-8(2)7-11(16)13(22)18-15(24)20(6)10(4)14(23)19(5)9(3)12(17)21/h8-11H,7,16H2,1-6H3,(H2,17,21)(H,18,22,24)/t9-,10+,11-/m0/s1. The number of amides is 5. The van der Waals surface area contributed by atoms with Gasteiger partial charge in [0, 0.05) is 14.1 Å². The van der Waals surface area contributed by atoms with Crippen LogP contribution in [0.5, 0.6) is 0 Å². The van der Waals surface area contributed by atoms with E-state index in [1.165, 1.54) is 27.9 Å². The summed E-state index contributed by atoms with van der Waals surface area (Å²) < 4.78 is 0. The van der Waals surface area contributed by atoms with Crippen molar-refractivity contribution in [2.45, 2.75) is 52.2 Å². The largest absolute Gasteiger partial charge is 0.368 e. The summed E-state index contributed by atoms with van der Waals surface area (Å²) in [5.41, 5.74) is 10.9. The molecule has 0 spiro atoms. The molecular formula is C15H29N5O4. The highest BCUT2D eigenvalue weighted by Gasteiger charge is 2.30. The number of rotatable bonds is 7. The number of nitrogens with two attached hydrogens (primary N) is 2. The molecule has 5 N–H and O–H groups in total. The Kier molecular flexibility index (Phi) is 8.38. The van der Waals surface area contributed by atoms with Crippen LogP contribution in [-0.4, -0.2) is 65.8 Å². The van der Waals surface area contributed by atoms with E-state index in [9.17, 15) is 19.2 Å². The second-order valence-corrected chi connectivity index (χ2v) is 6.34. The van der Waals surface area contributed by atoms with E-state index in [1.54, 1.807) is 0 Å². The molecule has 0 bridgehead atoms. The molecule has 0 heterocycles. The molecule has 0 aliphatic carbocycles. The van der Waals surface area contributed by atoms with Gasteiger partial charge < -0.3 is 21.3 Å². The zero-order chi connectivity index (χ0) is 19.2. The number of nitrogens with one attached hydrogen (secondary N) is 1. The monoisotopic (exact) mass is 343 g/mol. The van der Waals surface area contributed by atoms with E-state index in [4.69, 9.17) is 11.5 Å². The molecule has 0 aliphatic rings. The number of primary amides is 1. The second-order valence-electron chi connectivity index (χ2n) is 6.34. The van der Waals surface area contributed by atoms with Crippen LogP contribution in [0.1, 0.15) is 34.1 Å². The molecular weight excluding hydrogens is 314 g/mol. The van der Waals surface area contributed by atoms with Gasteiger partial charge in [0.05, 0.1) is 6.04 Å². The molecule has 5 amide bonds. The van der Waals surface area contributed by atoms with Crippen LogP contribution in [0.2, 0.25) is 0 Å². The van der Waals surface area contributed by atoms with Gasteiger partial charge in [-0.1, -0.05) is 13.8 Å². The molecule has 0 saturated heterocycles. The molecule has 138 valence electrons. The molecule has 0 aliphatic heterocycles. The summed E-state index contributed by atoms with van der Waals surface area (Å²) in [5.74, 6) is -1.51. The maximum atomic E-state index is 12.3. The molecule has 0 unspecified atom stereocenters. The Morgan fingerprint density at radius 2 is 1.46 bits per heavy atom. The van der Waals surface area contributed by atoms with Gasteiger partial charge in [-0.15, -0.1) is 0 Å². The van der Waals surface area contributed by atoms with Gasteiger partial charge in [0.2, 0.25) is 17.7 Å². The lowest BCUT2D eigenvalue weighted by Gasteiger charge is -2.30. The SMILES string of the molecule is CC(C)C[C@H](N)C(=O)NC(=O)N(C)[C@H](C)C(=O)N(C)[C@@H](C)C(N)=O. The zero-order valence-corrected chi connectivity index (χ0v) is 15.2. The first-order valence-corrected chi connectivity index (χ1v) is 7.79. The third kappa shape index (κ3) is 6.15. The van der Waals surface area contributed by atoms with Crippen molar-refractivity contribution in [1.29, 1.82) is 0 Å². The highest BCUT2D eigenvalue weighted by Crippen LogP contribution is 2.06. The van der Waals surface area contributed by atoms with Crippen LogP contribution in [-0.2, 0) is 14.4 Å². The maximum Gasteiger partial charge on any atom is 0.324 e. The Labute approximate surface area is 142 Å². The van der Waals surface area contributed by atoms with Crippen LogP contribution in [0.15, 0.2) is 0 Å². The minimum Gasteiger partial charge on any atom is -0.368 e. The molecule has 0 aromatic rings. The van der Waals surface area contributed by atoms with Crippen molar-refractivity contribution in [3.63, 3.8) is 0 Å². The quantitative estimate of drug-likeness (QED) is 0.558. The van der Waals surface area contributed by atoms with E-state index in [2.05, 4.69) is 5.32 Å². The molecule has 0 radical (unpaired) electrons. The van der Waals surface area contributed by atoms with E-state index < -0.39 is 41.9 Å². The topological polar surface area (TPSA) is 139 Å². The van der Waals surface area contributed by atoms with Crippen molar-refractivity contribution in [1.82, 2.24) is 15.1 Å². The summed E-state index contributed by atoms with van der Waals surface area (Å²) in [6, 6.07) is -3.23. The van der Waals surface area contributed by atoms with Crippen LogP contribution in [0.25, 0.3) is 0 Å². The molecule has 0 aromatic carbocycles. The van der Waals surface area contributed by atoms with Crippen LogP contribution in [0.3, 0.4) is 0 Å². The van der Waals surface area contributed by atoms with Crippen molar-refractivity contribution in [2.24, 2.45) is 17.4 Å². The van der Waals surface area contributed by atoms with E-state index in [-0.39, 0.29) is 5.92 Å². The number of urea groups is 1. The summed E-state index contributed by atoms with van der Waals surface area (Å²) in [5, 5.41) is 2.17. The summed E-state index contributed by atoms with van der Waals surface area (Å²) in [4.78, 5) is 49.6. The summed E-state index contributed by atoms with van der Waals surface area (Å²) in [7, 11) is 2.80. The van der Waals surface area contributed by atoms with Crippen molar-refractivity contribution in [3.8, 4) is 0 Å². The number of hydrogen-bond acceptors (Lipinski definition) is 5. The number of imide groups is 1. The summed E-state index contributed by atoms with van der Waals surface area (Å²) >= 11 is 0. The molecule has 9 nitrogen and oxygen atoms in total. The van der Waals surface area contributed by atoms with E-state index in [0.29, 0.717) is 6.42 Å². The lowest BCUT2D eigenvalue weighted by atomic mass is 10.0. The van der Waals surface area contributed by atoms with Gasteiger partial charge in [-0.3, -0.25) is 19.7 Å². The summed E-state index contributed by atoms with van der Waals surface area (Å²) in [6.45, 7) is 6.81. The first-order chi connectivity index (χ1) is 10.9. The minimum atomic E-state index is -0.883. The predicted molar refractivity (Wildman–Crippen MR) is 89.6 cm³/mol. The maximum absolute atomic E-state index is 12.3. The number of carbonyl (C=O) groups excluding carboxylic acids is 4. The fourth-order valence-electron chi connectivity index (χ4n) is 1.92. The van der Waals surface area contributed by atoms with Gasteiger partial charge in [-0.05, 0) is 26.2 Å². The fourth-order valence-corrected chi connectivity index (χ4v) is 1.92. The summed E-state index contributed by atoms with van der Waals surface area (Å²) in [6.07, 6.45) is 0.441. The Bertz CT molecular complexity index is 494. The molecule has 0 fully saturated rings. The fraction of sp³-hybridized carbons (Fsp3) is 0.733. The van der Waals surface area contributed by atoms with E-state index in [1.807, 2.05) is 13.8 Å². The predicted octanol–water partition coefficient (Wildman–Crippen LogP) is -0.751. The average Bonchev–Trinajstić information content (AvgIpc) is 2.49. The lowest BCUT2D eigenvalue weighted by molar-refractivity contribution is -0.140. The van der Waals surface area contributed by atoms with Crippen molar-refractivity contribution >= 4 is 23.8 Å². The van der Waals surface area contributed by atoms with Gasteiger partial charge in [-0.2, -0.15) is 0 Å². The Balaban J connectivity index is 4.80. The highest BCUT2D eigenvalue weighted by molar-refractivity contribution is 5.98. The van der Waals surface area contributed by atoms with Crippen molar-refractivity contribution in [3.05, 3.63) is 0 Å². The van der Waals surface area contributed by atoms with Gasteiger partial charge in [0.1, 0.15) is 12.1 Å². The molecule has 0 saturated carbocycles. The van der Waals surface area contributed by atoms with Gasteiger partial charge in [0.15, 0.2) is 0 Å². The highest BCUT2D eigenvalue weighted by atomic mass is 16.2. The third-order valence-electron chi connectivity index (χ3n) is 3.89. The first kappa shape index (κ1) is 21.8. The zero-order valence-electron chi connectivity index (χ0n) is 15.2. The van der Waals surface area contributed by atoms with Gasteiger partial charge in [0.25, 0.3) is 0 Å². The third-order valence-corrected chi connectivity index (χ3v) is 3.89. The van der Waals surface area contributed by atoms with E-state index in [0.717, 1.165) is 9.80 Å². The lowest BCUT2D eigenvalue weighted by Crippen LogP contribution is -2.55. The van der Waals surface area contributed by atoms with Crippen LogP contribution < -0.4 is 16.8 Å². The smallest absolute Gasteiger partial charge is 0.324 e. The van der Waals surface area contributed by atoms with Crippen LogP contribution >= 0.6 is 0 Å². The van der Waals surface area contributed by atoms with Crippen LogP contribution in [0.4, 0.5) is 4.79 Å². The number of nitrogens with zero attached hydrogens (tertiary/aromatic N) is 2. The van der Waals surface area contributed by atoms with Crippen molar-refractivity contribution in [2.75, 3.05) is 14.1 Å². The number of hydrogen-bond donors (Lipinski definition) is 3. The van der Waals surface area contributed by atoms with Gasteiger partial charge >= 0.3 is 6.03 Å². The van der Waals surface area contributed by atoms with Crippen LogP contribution in [0, 0.1) is 5.92 Å². The van der Waals surface area contributed by atoms with Crippen molar-refractivity contribution < 1.29 is 19.2 Å². The second kappa shape index (κ2) is 9.21. The Hall–Kier alpha value is -2.16. The normalized spacial score (nSPS) is 14.5. The molecule has 3 atom stereocenters. The first-order valence-electron chi connectivity index (χ1n) is 7.79. The minimum absolute atomic E-state index is 0.211. The van der Waals surface area contributed by atoms with Gasteiger partial charge in [-0.25, -0.2) is 4.79 Å². The molecule has 0 rings (SSSR count). The number of carbonyl (C=O) groups is 4. The molecule has 0 aromatic heterocycles. The average molecular weight is 343 g/mol. The van der Waals surface area contributed by atoms with E-state index >= 15 is 0 Å². The number of likely N-dealkylation sites (N-methyl/N-ethyl adjacent to an activating group) is 2. The Morgan fingerprint density at radius 3 is 1.88 bits per heavy atom. The molecule has 9 heteroatoms. The molecule has 24 heavy (non-hydrogen) atoms. The Morgan fingerprint density at radius 1 is 0.958 bits per heavy atom.